The minimum atomic E-state index is -3.45. The second kappa shape index (κ2) is 12.0. The first kappa shape index (κ1) is 30.2. The van der Waals surface area contributed by atoms with E-state index in [1.807, 2.05) is 13.8 Å². The summed E-state index contributed by atoms with van der Waals surface area (Å²) in [6, 6.07) is 6.52. The molecule has 0 aliphatic heterocycles. The fourth-order valence-electron chi connectivity index (χ4n) is 4.34. The van der Waals surface area contributed by atoms with Gasteiger partial charge in [-0.1, -0.05) is 25.4 Å². The number of anilines is 1. The fourth-order valence-corrected chi connectivity index (χ4v) is 5.28. The maximum atomic E-state index is 13.7. The molecule has 1 N–H and O–H groups in total. The normalized spacial score (nSPS) is 11.9. The Labute approximate surface area is 243 Å². The van der Waals surface area contributed by atoms with Gasteiger partial charge in [0.25, 0.3) is 5.91 Å². The maximum Gasteiger partial charge on any atom is 0.274 e. The van der Waals surface area contributed by atoms with Gasteiger partial charge in [0.2, 0.25) is 15.9 Å². The van der Waals surface area contributed by atoms with E-state index in [0.29, 0.717) is 22.2 Å². The lowest BCUT2D eigenvalue weighted by Gasteiger charge is -2.16. The summed E-state index contributed by atoms with van der Waals surface area (Å²) in [5.74, 6) is -0.384. The number of nitrogens with zero attached hydrogens (tertiary/aromatic N) is 6. The smallest absolute Gasteiger partial charge is 0.274 e. The summed E-state index contributed by atoms with van der Waals surface area (Å²) in [7, 11) is -0.558. The van der Waals surface area contributed by atoms with Crippen molar-refractivity contribution in [3.8, 4) is 11.7 Å². The van der Waals surface area contributed by atoms with Gasteiger partial charge < -0.3 is 10.1 Å². The predicted molar refractivity (Wildman–Crippen MR) is 156 cm³/mol. The Morgan fingerprint density at radius 1 is 1.22 bits per heavy atom. The van der Waals surface area contributed by atoms with Crippen LogP contribution in [0.1, 0.15) is 53.6 Å². The van der Waals surface area contributed by atoms with Gasteiger partial charge in [0.1, 0.15) is 17.9 Å². The highest BCUT2D eigenvalue weighted by atomic mass is 35.5. The average Bonchev–Trinajstić information content (AvgIpc) is 3.52. The maximum absolute atomic E-state index is 13.7. The fraction of sp³-hybridized carbons (Fsp3) is 0.370. The number of benzene rings is 1. The molecule has 0 fully saturated rings. The van der Waals surface area contributed by atoms with Gasteiger partial charge in [0, 0.05) is 37.3 Å². The van der Waals surface area contributed by atoms with Crippen LogP contribution >= 0.6 is 11.6 Å². The third-order valence-corrected chi connectivity index (χ3v) is 8.50. The number of carbonyl (C=O) groups excluding carboxylic acids is 2. The van der Waals surface area contributed by atoms with E-state index in [1.165, 1.54) is 40.1 Å². The Balaban J connectivity index is 1.82. The minimum Gasteiger partial charge on any atom is -0.480 e. The first-order valence-electron chi connectivity index (χ1n) is 12.9. The zero-order chi connectivity index (χ0) is 30.1. The summed E-state index contributed by atoms with van der Waals surface area (Å²) in [6.07, 6.45) is 3.43. The number of Topliss-reactive ketones (excluding diaryl/α,β-unsaturated/α-hetero) is 1. The molecule has 0 unspecified atom stereocenters. The SMILES string of the molecule is CCS(=O)(=O)N(C)Cn1cc2cc(C)c(NC(=O)c3cc(OC)nn3-c3ncccc3Cl)c(C(=O)CC(C)C)c2n1. The van der Waals surface area contributed by atoms with Crippen LogP contribution in [-0.4, -0.2) is 68.9 Å². The van der Waals surface area contributed by atoms with Gasteiger partial charge >= 0.3 is 0 Å². The molecule has 3 aromatic heterocycles. The van der Waals surface area contributed by atoms with Gasteiger partial charge in [-0.25, -0.2) is 18.1 Å². The molecule has 0 spiro atoms. The van der Waals surface area contributed by atoms with Crippen LogP contribution in [0.5, 0.6) is 5.88 Å². The number of nitrogens with one attached hydrogen (secondary N) is 1. The summed E-state index contributed by atoms with van der Waals surface area (Å²) in [4.78, 5) is 31.6. The van der Waals surface area contributed by atoms with Crippen molar-refractivity contribution in [3.05, 3.63) is 58.5 Å². The first-order chi connectivity index (χ1) is 19.4. The van der Waals surface area contributed by atoms with E-state index in [2.05, 4.69) is 20.5 Å². The lowest BCUT2D eigenvalue weighted by atomic mass is 9.95. The third kappa shape index (κ3) is 6.26. The Kier molecular flexibility index (Phi) is 8.80. The van der Waals surface area contributed by atoms with E-state index in [-0.39, 0.29) is 58.5 Å². The van der Waals surface area contributed by atoms with Crippen LogP contribution in [0.2, 0.25) is 5.02 Å². The minimum absolute atomic E-state index is 0.0345. The molecule has 0 bridgehead atoms. The molecular weight excluding hydrogens is 570 g/mol. The van der Waals surface area contributed by atoms with Gasteiger partial charge in [-0.15, -0.1) is 5.10 Å². The highest BCUT2D eigenvalue weighted by Gasteiger charge is 2.26. The zero-order valence-corrected chi connectivity index (χ0v) is 25.2. The van der Waals surface area contributed by atoms with Crippen molar-refractivity contribution in [2.45, 2.75) is 40.8 Å². The van der Waals surface area contributed by atoms with Gasteiger partial charge in [0.15, 0.2) is 11.6 Å². The molecule has 0 radical (unpaired) electrons. The summed E-state index contributed by atoms with van der Waals surface area (Å²) in [5.41, 5.74) is 1.61. The van der Waals surface area contributed by atoms with E-state index in [4.69, 9.17) is 16.3 Å². The van der Waals surface area contributed by atoms with Crippen LogP contribution in [0.4, 0.5) is 5.69 Å². The zero-order valence-electron chi connectivity index (χ0n) is 23.7. The van der Waals surface area contributed by atoms with Crippen LogP contribution in [-0.2, 0) is 16.7 Å². The number of aromatic nitrogens is 5. The second-order valence-corrected chi connectivity index (χ2v) is 12.7. The Bertz CT molecular complexity index is 1730. The molecule has 0 saturated carbocycles. The number of carbonyl (C=O) groups is 2. The van der Waals surface area contributed by atoms with Crippen molar-refractivity contribution in [1.29, 1.82) is 0 Å². The van der Waals surface area contributed by atoms with Crippen LogP contribution in [0.3, 0.4) is 0 Å². The number of rotatable bonds is 11. The molecular formula is C27H32ClN7O5S. The molecule has 0 atom stereocenters. The van der Waals surface area contributed by atoms with Crippen molar-refractivity contribution in [1.82, 2.24) is 28.9 Å². The molecule has 0 aliphatic rings. The highest BCUT2D eigenvalue weighted by molar-refractivity contribution is 7.89. The molecule has 4 aromatic rings. The number of hydrogen-bond donors (Lipinski definition) is 1. The number of halogens is 1. The molecule has 3 heterocycles. The summed E-state index contributed by atoms with van der Waals surface area (Å²) >= 11 is 6.34. The number of hydrogen-bond acceptors (Lipinski definition) is 8. The lowest BCUT2D eigenvalue weighted by Crippen LogP contribution is -2.30. The van der Waals surface area contributed by atoms with E-state index in [9.17, 15) is 18.0 Å². The molecule has 1 amide bonds. The molecule has 12 nitrogen and oxygen atoms in total. The number of fused-ring (bicyclic) bond motifs is 1. The Morgan fingerprint density at radius 3 is 2.59 bits per heavy atom. The van der Waals surface area contributed by atoms with Crippen molar-refractivity contribution >= 4 is 49.9 Å². The molecule has 41 heavy (non-hydrogen) atoms. The molecule has 0 saturated heterocycles. The average molecular weight is 602 g/mol. The Hall–Kier alpha value is -3.81. The highest BCUT2D eigenvalue weighted by Crippen LogP contribution is 2.32. The van der Waals surface area contributed by atoms with Crippen molar-refractivity contribution in [2.24, 2.45) is 5.92 Å². The number of ether oxygens (including phenoxy) is 1. The van der Waals surface area contributed by atoms with Crippen molar-refractivity contribution in [3.63, 3.8) is 0 Å². The first-order valence-corrected chi connectivity index (χ1v) is 14.9. The Morgan fingerprint density at radius 2 is 1.95 bits per heavy atom. The number of methoxy groups -OCH3 is 1. The largest absolute Gasteiger partial charge is 0.480 e. The van der Waals surface area contributed by atoms with Crippen molar-refractivity contribution < 1.29 is 22.7 Å². The summed E-state index contributed by atoms with van der Waals surface area (Å²) < 4.78 is 33.8. The number of amides is 1. The van der Waals surface area contributed by atoms with Crippen LogP contribution in [0.25, 0.3) is 16.7 Å². The van der Waals surface area contributed by atoms with Crippen LogP contribution < -0.4 is 10.1 Å². The number of aryl methyl sites for hydroxylation is 1. The van der Waals surface area contributed by atoms with E-state index >= 15 is 0 Å². The quantitative estimate of drug-likeness (QED) is 0.251. The molecule has 1 aromatic carbocycles. The molecule has 218 valence electrons. The summed E-state index contributed by atoms with van der Waals surface area (Å²) in [6.45, 7) is 7.16. The molecule has 14 heteroatoms. The molecule has 4 rings (SSSR count). The van der Waals surface area contributed by atoms with Crippen molar-refractivity contribution in [2.75, 3.05) is 25.2 Å². The summed E-state index contributed by atoms with van der Waals surface area (Å²) in [5, 5.41) is 12.7. The van der Waals surface area contributed by atoms with Crippen LogP contribution in [0.15, 0.2) is 36.7 Å². The molecule has 0 aliphatic carbocycles. The van der Waals surface area contributed by atoms with E-state index < -0.39 is 15.9 Å². The van der Waals surface area contributed by atoms with Crippen LogP contribution in [0, 0.1) is 12.8 Å². The van der Waals surface area contributed by atoms with E-state index in [0.717, 1.165) is 0 Å². The third-order valence-electron chi connectivity index (χ3n) is 6.41. The van der Waals surface area contributed by atoms with Gasteiger partial charge in [-0.05, 0) is 43.5 Å². The lowest BCUT2D eigenvalue weighted by molar-refractivity contribution is 0.0970. The van der Waals surface area contributed by atoms with Gasteiger partial charge in [0.05, 0.1) is 29.1 Å². The number of sulfonamides is 1. The number of pyridine rings is 1. The van der Waals surface area contributed by atoms with Gasteiger partial charge in [-0.2, -0.15) is 9.40 Å². The second-order valence-electron chi connectivity index (χ2n) is 9.96. The van der Waals surface area contributed by atoms with E-state index in [1.54, 1.807) is 38.2 Å². The predicted octanol–water partition coefficient (Wildman–Crippen LogP) is 4.31. The monoisotopic (exact) mass is 601 g/mol. The van der Waals surface area contributed by atoms with Gasteiger partial charge in [-0.3, -0.25) is 14.3 Å². The standard InChI is InChI=1S/C27H32ClN7O5S/c1-7-41(38,39)33(5)15-34-14-18-12-17(4)24(23(25(18)32-34)21(36)11-16(2)3)30-27(37)20-13-22(40-6)31-35(20)26-19(28)9-8-10-29-26/h8-10,12-14,16H,7,11,15H2,1-6H3,(H,30,37). The topological polar surface area (TPSA) is 141 Å². The number of ketones is 1.